The van der Waals surface area contributed by atoms with E-state index in [0.29, 0.717) is 12.8 Å². The maximum atomic E-state index is 11.4. The number of carbonyl (C=O) groups is 2. The van der Waals surface area contributed by atoms with Gasteiger partial charge >= 0.3 is 0 Å². The monoisotopic (exact) mass is 256 g/mol. The number of hydrogen-bond acceptors (Lipinski definition) is 2. The van der Waals surface area contributed by atoms with Gasteiger partial charge in [0.2, 0.25) is 11.8 Å². The zero-order chi connectivity index (χ0) is 13.8. The van der Waals surface area contributed by atoms with Crippen molar-refractivity contribution in [1.82, 2.24) is 5.32 Å². The summed E-state index contributed by atoms with van der Waals surface area (Å²) in [6.45, 7) is 4.12. The molecule has 0 aliphatic heterocycles. The smallest absolute Gasteiger partial charge is 0.239 e. The van der Waals surface area contributed by atoms with Gasteiger partial charge in [0.15, 0.2) is 0 Å². The van der Waals surface area contributed by atoms with Gasteiger partial charge in [-0.05, 0) is 12.8 Å². The molecule has 3 N–H and O–H groups in total. The molecule has 0 heterocycles. The molecule has 0 radical (unpaired) electrons. The van der Waals surface area contributed by atoms with Crippen molar-refractivity contribution in [2.45, 2.75) is 77.7 Å². The average Bonchev–Trinajstić information content (AvgIpc) is 2.32. The van der Waals surface area contributed by atoms with Gasteiger partial charge in [0, 0.05) is 6.42 Å². The van der Waals surface area contributed by atoms with Crippen LogP contribution in [-0.4, -0.2) is 17.9 Å². The van der Waals surface area contributed by atoms with Crippen molar-refractivity contribution < 1.29 is 9.59 Å². The summed E-state index contributed by atoms with van der Waals surface area (Å²) in [7, 11) is 0. The quantitative estimate of drug-likeness (QED) is 0.557. The minimum atomic E-state index is -0.491. The Hall–Kier alpha value is -1.06. The van der Waals surface area contributed by atoms with Crippen LogP contribution in [-0.2, 0) is 9.59 Å². The van der Waals surface area contributed by atoms with Crippen LogP contribution in [0, 0.1) is 0 Å². The van der Waals surface area contributed by atoms with Crippen molar-refractivity contribution in [3.05, 3.63) is 0 Å². The van der Waals surface area contributed by atoms with Crippen LogP contribution in [0.15, 0.2) is 0 Å². The number of amides is 2. The van der Waals surface area contributed by atoms with Crippen LogP contribution in [0.25, 0.3) is 0 Å². The molecule has 0 aliphatic rings. The molecule has 1 atom stereocenters. The molecule has 0 aromatic carbocycles. The highest BCUT2D eigenvalue weighted by Gasteiger charge is 2.16. The fourth-order valence-electron chi connectivity index (χ4n) is 1.91. The molecule has 106 valence electrons. The molecular formula is C14H28N2O2. The van der Waals surface area contributed by atoms with Gasteiger partial charge in [-0.1, -0.05) is 52.4 Å². The summed E-state index contributed by atoms with van der Waals surface area (Å²) in [5.74, 6) is -0.500. The summed E-state index contributed by atoms with van der Waals surface area (Å²) >= 11 is 0. The van der Waals surface area contributed by atoms with Crippen molar-refractivity contribution >= 4 is 11.8 Å². The van der Waals surface area contributed by atoms with Gasteiger partial charge in [-0.15, -0.1) is 0 Å². The van der Waals surface area contributed by atoms with Gasteiger partial charge < -0.3 is 11.1 Å². The van der Waals surface area contributed by atoms with Gasteiger partial charge in [0.25, 0.3) is 0 Å². The number of rotatable bonds is 11. The van der Waals surface area contributed by atoms with E-state index in [1.165, 1.54) is 25.7 Å². The molecule has 0 saturated carbocycles. The lowest BCUT2D eigenvalue weighted by atomic mass is 10.1. The van der Waals surface area contributed by atoms with E-state index >= 15 is 0 Å². The number of hydrogen-bond donors (Lipinski definition) is 2. The first-order valence-corrected chi connectivity index (χ1v) is 7.20. The zero-order valence-corrected chi connectivity index (χ0v) is 11.8. The second-order valence-electron chi connectivity index (χ2n) is 4.83. The van der Waals surface area contributed by atoms with Crippen molar-refractivity contribution in [2.75, 3.05) is 0 Å². The summed E-state index contributed by atoms with van der Waals surface area (Å²) in [6.07, 6.45) is 8.91. The number of nitrogens with one attached hydrogen (secondary N) is 1. The third-order valence-corrected chi connectivity index (χ3v) is 3.00. The molecule has 4 nitrogen and oxygen atoms in total. The summed E-state index contributed by atoms with van der Waals surface area (Å²) in [5.41, 5.74) is 5.29. The van der Waals surface area contributed by atoms with Crippen LogP contribution in [0.4, 0.5) is 0 Å². The largest absolute Gasteiger partial charge is 0.368 e. The van der Waals surface area contributed by atoms with Crippen LogP contribution in [0.2, 0.25) is 0 Å². The molecule has 1 unspecified atom stereocenters. The van der Waals surface area contributed by atoms with Crippen LogP contribution in [0.5, 0.6) is 0 Å². The lowest BCUT2D eigenvalue weighted by Crippen LogP contribution is -2.44. The van der Waals surface area contributed by atoms with E-state index in [1.54, 1.807) is 0 Å². The third-order valence-electron chi connectivity index (χ3n) is 3.00. The standard InChI is InChI=1S/C14H28N2O2/c1-3-5-6-7-8-9-11-12(14(15)18)16-13(17)10-4-2/h12H,3-11H2,1-2H3,(H2,15,18)(H,16,17). The average molecular weight is 256 g/mol. The first kappa shape index (κ1) is 16.9. The molecule has 0 aromatic heterocycles. The predicted octanol–water partition coefficient (Wildman–Crippen LogP) is 2.51. The fourth-order valence-corrected chi connectivity index (χ4v) is 1.91. The van der Waals surface area contributed by atoms with Gasteiger partial charge in [-0.25, -0.2) is 0 Å². The van der Waals surface area contributed by atoms with Gasteiger partial charge in [-0.3, -0.25) is 9.59 Å². The van der Waals surface area contributed by atoms with E-state index in [2.05, 4.69) is 12.2 Å². The summed E-state index contributed by atoms with van der Waals surface area (Å²) < 4.78 is 0. The summed E-state index contributed by atoms with van der Waals surface area (Å²) in [4.78, 5) is 22.6. The van der Waals surface area contributed by atoms with Crippen molar-refractivity contribution in [1.29, 1.82) is 0 Å². The summed E-state index contributed by atoms with van der Waals surface area (Å²) in [6, 6.07) is -0.491. The van der Waals surface area contributed by atoms with Crippen LogP contribution in [0.3, 0.4) is 0 Å². The number of primary amides is 1. The molecule has 0 saturated heterocycles. The molecule has 0 fully saturated rings. The lowest BCUT2D eigenvalue weighted by Gasteiger charge is -2.15. The van der Waals surface area contributed by atoms with Gasteiger partial charge in [-0.2, -0.15) is 0 Å². The topological polar surface area (TPSA) is 72.2 Å². The Morgan fingerprint density at radius 3 is 2.17 bits per heavy atom. The highest BCUT2D eigenvalue weighted by atomic mass is 16.2. The van der Waals surface area contributed by atoms with Gasteiger partial charge in [0.1, 0.15) is 6.04 Å². The van der Waals surface area contributed by atoms with E-state index in [0.717, 1.165) is 19.3 Å². The van der Waals surface area contributed by atoms with Gasteiger partial charge in [0.05, 0.1) is 0 Å². The lowest BCUT2D eigenvalue weighted by molar-refractivity contribution is -0.127. The number of carbonyl (C=O) groups excluding carboxylic acids is 2. The molecule has 0 aromatic rings. The minimum Gasteiger partial charge on any atom is -0.368 e. The molecule has 0 rings (SSSR count). The number of nitrogens with two attached hydrogens (primary N) is 1. The molecule has 2 amide bonds. The fraction of sp³-hybridized carbons (Fsp3) is 0.857. The molecule has 4 heteroatoms. The van der Waals surface area contributed by atoms with Crippen molar-refractivity contribution in [3.63, 3.8) is 0 Å². The SMILES string of the molecule is CCCCCCCCC(NC(=O)CCC)C(N)=O. The normalized spacial score (nSPS) is 12.1. The Bertz CT molecular complexity index is 242. The summed E-state index contributed by atoms with van der Waals surface area (Å²) in [5, 5.41) is 2.71. The van der Waals surface area contributed by atoms with Crippen molar-refractivity contribution in [2.24, 2.45) is 5.73 Å². The maximum absolute atomic E-state index is 11.4. The second-order valence-corrected chi connectivity index (χ2v) is 4.83. The molecule has 0 spiro atoms. The second kappa shape index (κ2) is 11.1. The zero-order valence-electron chi connectivity index (χ0n) is 11.8. The Labute approximate surface area is 111 Å². The molecular weight excluding hydrogens is 228 g/mol. The maximum Gasteiger partial charge on any atom is 0.239 e. The van der Waals surface area contributed by atoms with E-state index in [-0.39, 0.29) is 5.91 Å². The predicted molar refractivity (Wildman–Crippen MR) is 74.0 cm³/mol. The van der Waals surface area contributed by atoms with E-state index in [1.807, 2.05) is 6.92 Å². The third kappa shape index (κ3) is 9.02. The Balaban J connectivity index is 3.77. The van der Waals surface area contributed by atoms with Crippen LogP contribution >= 0.6 is 0 Å². The minimum absolute atomic E-state index is 0.0766. The van der Waals surface area contributed by atoms with Crippen LogP contribution < -0.4 is 11.1 Å². The Morgan fingerprint density at radius 2 is 1.61 bits per heavy atom. The van der Waals surface area contributed by atoms with Crippen LogP contribution in [0.1, 0.15) is 71.6 Å². The first-order chi connectivity index (χ1) is 8.61. The van der Waals surface area contributed by atoms with E-state index in [9.17, 15) is 9.59 Å². The first-order valence-electron chi connectivity index (χ1n) is 7.20. The Kier molecular flexibility index (Phi) is 10.4. The molecule has 0 bridgehead atoms. The molecule has 0 aliphatic carbocycles. The van der Waals surface area contributed by atoms with E-state index < -0.39 is 11.9 Å². The highest BCUT2D eigenvalue weighted by molar-refractivity contribution is 5.86. The molecule has 18 heavy (non-hydrogen) atoms. The Morgan fingerprint density at radius 1 is 1.00 bits per heavy atom. The number of unbranched alkanes of at least 4 members (excludes halogenated alkanes) is 5. The van der Waals surface area contributed by atoms with E-state index in [4.69, 9.17) is 5.73 Å². The van der Waals surface area contributed by atoms with Crippen molar-refractivity contribution in [3.8, 4) is 0 Å². The highest BCUT2D eigenvalue weighted by Crippen LogP contribution is 2.08.